The highest BCUT2D eigenvalue weighted by Gasteiger charge is 2.05. The van der Waals surface area contributed by atoms with E-state index in [-0.39, 0.29) is 12.8 Å². The van der Waals surface area contributed by atoms with Gasteiger partial charge in [0.15, 0.2) is 0 Å². The van der Waals surface area contributed by atoms with Gasteiger partial charge in [0.05, 0.1) is 13.1 Å². The molecule has 0 bridgehead atoms. The molecule has 0 aliphatic rings. The van der Waals surface area contributed by atoms with Gasteiger partial charge in [0.1, 0.15) is 12.4 Å². The first-order valence-electron chi connectivity index (χ1n) is 5.56. The van der Waals surface area contributed by atoms with E-state index < -0.39 is 11.9 Å². The van der Waals surface area contributed by atoms with Gasteiger partial charge < -0.3 is 10.2 Å². The van der Waals surface area contributed by atoms with Crippen LogP contribution in [0.4, 0.5) is 0 Å². The molecule has 1 rings (SSSR count). The second-order valence-corrected chi connectivity index (χ2v) is 3.88. The molecule has 0 aliphatic heterocycles. The minimum atomic E-state index is -0.786. The van der Waals surface area contributed by atoms with Crippen LogP contribution in [-0.2, 0) is 22.7 Å². The third-order valence-electron chi connectivity index (χ3n) is 2.36. The van der Waals surface area contributed by atoms with E-state index in [1.54, 1.807) is 0 Å². The molecule has 94 valence electrons. The van der Waals surface area contributed by atoms with Crippen LogP contribution in [0.5, 0.6) is 0 Å². The van der Waals surface area contributed by atoms with Gasteiger partial charge >= 0.3 is 11.9 Å². The number of aromatic nitrogens is 2. The van der Waals surface area contributed by atoms with Crippen LogP contribution in [0.3, 0.4) is 0 Å². The number of imidazole rings is 1. The molecule has 17 heavy (non-hydrogen) atoms. The van der Waals surface area contributed by atoms with Gasteiger partial charge in [0.2, 0.25) is 6.33 Å². The fourth-order valence-electron chi connectivity index (χ4n) is 1.53. The Kier molecular flexibility index (Phi) is 5.19. The van der Waals surface area contributed by atoms with Gasteiger partial charge in [-0.15, -0.1) is 0 Å². The summed E-state index contributed by atoms with van der Waals surface area (Å²) in [5.41, 5.74) is 0. The lowest BCUT2D eigenvalue weighted by molar-refractivity contribution is -0.696. The summed E-state index contributed by atoms with van der Waals surface area (Å²) in [6.45, 7) is 1.33. The molecule has 1 aromatic heterocycles. The van der Waals surface area contributed by atoms with E-state index in [4.69, 9.17) is 10.2 Å². The molecule has 0 amide bonds. The van der Waals surface area contributed by atoms with Gasteiger partial charge in [-0.1, -0.05) is 0 Å². The number of nitrogens with zero attached hydrogens (tertiary/aromatic N) is 2. The zero-order valence-corrected chi connectivity index (χ0v) is 9.58. The SMILES string of the molecule is O=C(O)CCCn1cc[n+](CCCC(=O)O)c1. The third-order valence-corrected chi connectivity index (χ3v) is 2.36. The van der Waals surface area contributed by atoms with Crippen LogP contribution in [0.1, 0.15) is 25.7 Å². The van der Waals surface area contributed by atoms with Crippen molar-refractivity contribution in [2.24, 2.45) is 0 Å². The Bertz CT molecular complexity index is 352. The van der Waals surface area contributed by atoms with Crippen LogP contribution in [0.2, 0.25) is 0 Å². The van der Waals surface area contributed by atoms with Crippen LogP contribution in [-0.4, -0.2) is 26.7 Å². The molecule has 0 saturated heterocycles. The summed E-state index contributed by atoms with van der Waals surface area (Å²) in [5, 5.41) is 17.0. The van der Waals surface area contributed by atoms with E-state index in [9.17, 15) is 9.59 Å². The van der Waals surface area contributed by atoms with Gasteiger partial charge in [0, 0.05) is 12.8 Å². The number of aliphatic carboxylic acids is 2. The molecule has 0 saturated carbocycles. The number of hydrogen-bond donors (Lipinski definition) is 2. The molecule has 0 fully saturated rings. The molecule has 0 unspecified atom stereocenters. The first-order valence-corrected chi connectivity index (χ1v) is 5.56. The van der Waals surface area contributed by atoms with Gasteiger partial charge in [-0.3, -0.25) is 9.59 Å². The Hall–Kier alpha value is -1.85. The van der Waals surface area contributed by atoms with E-state index in [1.165, 1.54) is 0 Å². The summed E-state index contributed by atoms with van der Waals surface area (Å²) in [4.78, 5) is 20.7. The molecular weight excluding hydrogens is 224 g/mol. The smallest absolute Gasteiger partial charge is 0.303 e. The first kappa shape index (κ1) is 13.2. The number of rotatable bonds is 8. The molecule has 0 aliphatic carbocycles. The number of carbonyl (C=O) groups is 2. The van der Waals surface area contributed by atoms with Crippen molar-refractivity contribution < 1.29 is 24.4 Å². The molecule has 1 aromatic rings. The van der Waals surface area contributed by atoms with Crippen LogP contribution in [0.25, 0.3) is 0 Å². The monoisotopic (exact) mass is 241 g/mol. The predicted octanol–water partition coefficient (Wildman–Crippen LogP) is 0.505. The Morgan fingerprint density at radius 1 is 1.12 bits per heavy atom. The Balaban J connectivity index is 2.27. The summed E-state index contributed by atoms with van der Waals surface area (Å²) in [6, 6.07) is 0. The molecule has 6 nitrogen and oxygen atoms in total. The second kappa shape index (κ2) is 6.67. The van der Waals surface area contributed by atoms with Crippen molar-refractivity contribution >= 4 is 11.9 Å². The van der Waals surface area contributed by atoms with Crippen molar-refractivity contribution in [2.75, 3.05) is 0 Å². The standard InChI is InChI=1S/C11H16N2O4/c14-10(15)3-1-5-12-7-8-13(9-12)6-2-4-11(16)17/h7-9H,1-6H2,(H-,14,15,16,17)/p+1. The minimum Gasteiger partial charge on any atom is -0.481 e. The van der Waals surface area contributed by atoms with Crippen LogP contribution in [0.15, 0.2) is 18.7 Å². The van der Waals surface area contributed by atoms with Crippen molar-refractivity contribution in [3.8, 4) is 0 Å². The fourth-order valence-corrected chi connectivity index (χ4v) is 1.53. The van der Waals surface area contributed by atoms with Crippen molar-refractivity contribution in [1.29, 1.82) is 0 Å². The average Bonchev–Trinajstić information content (AvgIpc) is 2.65. The number of aryl methyl sites for hydroxylation is 2. The number of carboxylic acid groups (broad SMARTS) is 2. The Morgan fingerprint density at radius 3 is 2.41 bits per heavy atom. The highest BCUT2D eigenvalue weighted by Crippen LogP contribution is 1.95. The maximum absolute atomic E-state index is 10.3. The molecular formula is C11H17N2O4+. The molecule has 0 atom stereocenters. The topological polar surface area (TPSA) is 83.4 Å². The van der Waals surface area contributed by atoms with E-state index in [0.29, 0.717) is 25.9 Å². The quantitative estimate of drug-likeness (QED) is 0.649. The van der Waals surface area contributed by atoms with E-state index >= 15 is 0 Å². The molecule has 6 heteroatoms. The lowest BCUT2D eigenvalue weighted by Gasteiger charge is -1.95. The number of carboxylic acids is 2. The van der Waals surface area contributed by atoms with Crippen molar-refractivity contribution in [3.63, 3.8) is 0 Å². The highest BCUT2D eigenvalue weighted by molar-refractivity contribution is 5.66. The van der Waals surface area contributed by atoms with Gasteiger partial charge in [-0.05, 0) is 12.8 Å². The number of hydrogen-bond acceptors (Lipinski definition) is 2. The zero-order valence-electron chi connectivity index (χ0n) is 9.58. The van der Waals surface area contributed by atoms with Gasteiger partial charge in [0.25, 0.3) is 0 Å². The lowest BCUT2D eigenvalue weighted by Crippen LogP contribution is -2.31. The largest absolute Gasteiger partial charge is 0.481 e. The Morgan fingerprint density at radius 2 is 1.76 bits per heavy atom. The van der Waals surface area contributed by atoms with E-state index in [2.05, 4.69) is 0 Å². The van der Waals surface area contributed by atoms with E-state index in [0.717, 1.165) is 0 Å². The summed E-state index contributed by atoms with van der Waals surface area (Å²) in [7, 11) is 0. The minimum absolute atomic E-state index is 0.164. The average molecular weight is 241 g/mol. The van der Waals surface area contributed by atoms with Crippen molar-refractivity contribution in [2.45, 2.75) is 38.8 Å². The normalized spacial score (nSPS) is 10.4. The Labute approximate surface area is 99.1 Å². The van der Waals surface area contributed by atoms with Crippen LogP contribution >= 0.6 is 0 Å². The van der Waals surface area contributed by atoms with Crippen LogP contribution < -0.4 is 4.57 Å². The van der Waals surface area contributed by atoms with Crippen molar-refractivity contribution in [3.05, 3.63) is 18.7 Å². The van der Waals surface area contributed by atoms with Gasteiger partial charge in [-0.2, -0.15) is 0 Å². The second-order valence-electron chi connectivity index (χ2n) is 3.88. The molecule has 0 aromatic carbocycles. The molecule has 1 heterocycles. The third kappa shape index (κ3) is 5.70. The van der Waals surface area contributed by atoms with Gasteiger partial charge in [-0.25, -0.2) is 9.13 Å². The first-order chi connectivity index (χ1) is 8.08. The zero-order chi connectivity index (χ0) is 12.7. The fraction of sp³-hybridized carbons (Fsp3) is 0.545. The van der Waals surface area contributed by atoms with Crippen molar-refractivity contribution in [1.82, 2.24) is 4.57 Å². The predicted molar refractivity (Wildman–Crippen MR) is 58.4 cm³/mol. The molecule has 2 N–H and O–H groups in total. The maximum atomic E-state index is 10.3. The summed E-state index contributed by atoms with van der Waals surface area (Å²) < 4.78 is 3.81. The summed E-state index contributed by atoms with van der Waals surface area (Å²) in [5.74, 6) is -1.57. The maximum Gasteiger partial charge on any atom is 0.303 e. The summed E-state index contributed by atoms with van der Waals surface area (Å²) >= 11 is 0. The summed E-state index contributed by atoms with van der Waals surface area (Å²) in [6.07, 6.45) is 7.11. The van der Waals surface area contributed by atoms with Crippen LogP contribution in [0, 0.1) is 0 Å². The highest BCUT2D eigenvalue weighted by atomic mass is 16.4. The molecule has 0 spiro atoms. The molecule has 0 radical (unpaired) electrons. The van der Waals surface area contributed by atoms with E-state index in [1.807, 2.05) is 27.9 Å². The lowest BCUT2D eigenvalue weighted by atomic mass is 10.3.